The van der Waals surface area contributed by atoms with E-state index in [1.54, 1.807) is 40.8 Å². The lowest BCUT2D eigenvalue weighted by atomic mass is 9.95. The Balaban J connectivity index is 1.61. The number of sulfone groups is 1. The van der Waals surface area contributed by atoms with E-state index in [9.17, 15) is 18.4 Å². The number of thiophene rings is 1. The minimum atomic E-state index is -4.07. The molecule has 176 valence electrons. The van der Waals surface area contributed by atoms with Crippen LogP contribution in [0.1, 0.15) is 19.8 Å². The molecular weight excluding hydrogens is 492 g/mol. The maximum Gasteiger partial charge on any atom is 0.265 e. The molecule has 1 saturated heterocycles. The quantitative estimate of drug-likeness (QED) is 0.289. The Bertz CT molecular complexity index is 1350. The molecule has 1 aromatic heterocycles. The van der Waals surface area contributed by atoms with Crippen LogP contribution in [0.3, 0.4) is 0 Å². The lowest BCUT2D eigenvalue weighted by Gasteiger charge is -2.38. The number of likely N-dealkylation sites (tertiary alicyclic amines) is 1. The molecule has 1 amide bonds. The van der Waals surface area contributed by atoms with Gasteiger partial charge in [0, 0.05) is 29.0 Å². The van der Waals surface area contributed by atoms with Crippen molar-refractivity contribution < 1.29 is 18.4 Å². The van der Waals surface area contributed by atoms with Gasteiger partial charge in [-0.25, -0.2) is 13.9 Å². The second-order valence-electron chi connectivity index (χ2n) is 8.02. The van der Waals surface area contributed by atoms with Crippen molar-refractivity contribution in [2.24, 2.45) is 0 Å². The van der Waals surface area contributed by atoms with Gasteiger partial charge in [0.15, 0.2) is 14.6 Å². The van der Waals surface area contributed by atoms with Crippen molar-refractivity contribution in [2.45, 2.75) is 29.4 Å². The Morgan fingerprint density at radius 2 is 1.68 bits per heavy atom. The first-order valence-electron chi connectivity index (χ1n) is 10.6. The van der Waals surface area contributed by atoms with E-state index in [0.29, 0.717) is 18.1 Å². The molecule has 3 aromatic rings. The Kier molecular flexibility index (Phi) is 7.01. The summed E-state index contributed by atoms with van der Waals surface area (Å²) >= 11 is 7.53. The van der Waals surface area contributed by atoms with Crippen LogP contribution in [0.15, 0.2) is 64.9 Å². The Labute approximate surface area is 208 Å². The van der Waals surface area contributed by atoms with Crippen LogP contribution >= 0.6 is 22.9 Å². The molecule has 0 unspecified atom stereocenters. The molecule has 0 spiro atoms. The molecule has 0 radical (unpaired) electrons. The third-order valence-corrected chi connectivity index (χ3v) is 9.84. The van der Waals surface area contributed by atoms with Crippen LogP contribution < -0.4 is 5.48 Å². The van der Waals surface area contributed by atoms with Crippen molar-refractivity contribution in [2.75, 3.05) is 13.1 Å². The maximum absolute atomic E-state index is 13.6. The van der Waals surface area contributed by atoms with E-state index in [0.717, 1.165) is 21.6 Å². The SMILES string of the molecule is CC#CN1CCC(C(=O)NO)(S(=O)(=O)c2ccc(-c3cc(-c4ccc(Cl)cc4)cs3)cc2)CC1. The number of nitrogens with one attached hydrogen (secondary N) is 1. The van der Waals surface area contributed by atoms with Gasteiger partial charge in [-0.1, -0.05) is 41.8 Å². The number of carbonyl (C=O) groups excluding carboxylic acids is 1. The van der Waals surface area contributed by atoms with Gasteiger partial charge in [0.1, 0.15) is 0 Å². The third kappa shape index (κ3) is 4.44. The summed E-state index contributed by atoms with van der Waals surface area (Å²) in [6.07, 6.45) is 0.0705. The molecule has 1 fully saturated rings. The van der Waals surface area contributed by atoms with Crippen molar-refractivity contribution in [3.63, 3.8) is 0 Å². The summed E-state index contributed by atoms with van der Waals surface area (Å²) in [5, 5.41) is 12.0. The van der Waals surface area contributed by atoms with E-state index in [4.69, 9.17) is 11.6 Å². The number of hydroxylamine groups is 1. The number of rotatable bonds is 5. The van der Waals surface area contributed by atoms with Crippen LogP contribution in [0.25, 0.3) is 21.6 Å². The zero-order valence-corrected chi connectivity index (χ0v) is 20.8. The van der Waals surface area contributed by atoms with E-state index < -0.39 is 20.5 Å². The zero-order chi connectivity index (χ0) is 24.3. The van der Waals surface area contributed by atoms with Gasteiger partial charge in [-0.05, 0) is 72.2 Å². The summed E-state index contributed by atoms with van der Waals surface area (Å²) in [7, 11) is -4.07. The molecule has 1 aliphatic heterocycles. The number of halogens is 1. The predicted octanol–water partition coefficient (Wildman–Crippen LogP) is 4.83. The van der Waals surface area contributed by atoms with Gasteiger partial charge in [-0.2, -0.15) is 0 Å². The van der Waals surface area contributed by atoms with E-state index in [1.165, 1.54) is 12.1 Å². The zero-order valence-electron chi connectivity index (χ0n) is 18.4. The van der Waals surface area contributed by atoms with Gasteiger partial charge in [0.05, 0.1) is 4.90 Å². The van der Waals surface area contributed by atoms with Gasteiger partial charge in [-0.3, -0.25) is 10.0 Å². The second kappa shape index (κ2) is 9.80. The summed E-state index contributed by atoms with van der Waals surface area (Å²) in [5.74, 6) is 1.88. The lowest BCUT2D eigenvalue weighted by Crippen LogP contribution is -2.57. The van der Waals surface area contributed by atoms with Gasteiger partial charge in [-0.15, -0.1) is 11.3 Å². The number of carbonyl (C=O) groups is 1. The molecule has 0 saturated carbocycles. The number of piperidine rings is 1. The summed E-state index contributed by atoms with van der Waals surface area (Å²) in [5.41, 5.74) is 4.54. The highest BCUT2D eigenvalue weighted by molar-refractivity contribution is 7.93. The standard InChI is InChI=1S/C25H23ClN2O4S2/c1-2-13-28-14-11-25(12-15-28,24(29)27-30)34(31,32)22-9-5-19(6-10-22)23-16-20(17-33-23)18-3-7-21(26)8-4-18/h3-10,16-17,30H,11-12,14-15H2,1H3,(H,27,29). The number of hydrogen-bond acceptors (Lipinski definition) is 6. The molecule has 2 N–H and O–H groups in total. The third-order valence-electron chi connectivity index (χ3n) is 6.10. The summed E-state index contributed by atoms with van der Waals surface area (Å²) < 4.78 is 25.5. The molecule has 4 rings (SSSR count). The largest absolute Gasteiger partial charge is 0.333 e. The van der Waals surface area contributed by atoms with Gasteiger partial charge in [0.25, 0.3) is 5.91 Å². The molecule has 9 heteroatoms. The highest BCUT2D eigenvalue weighted by Gasteiger charge is 2.52. The van der Waals surface area contributed by atoms with Crippen LogP contribution in [0.5, 0.6) is 0 Å². The average Bonchev–Trinajstić information content (AvgIpc) is 3.35. The van der Waals surface area contributed by atoms with Crippen LogP contribution in [-0.2, 0) is 14.6 Å². The first kappa shape index (κ1) is 24.3. The summed E-state index contributed by atoms with van der Waals surface area (Å²) in [4.78, 5) is 15.4. The first-order valence-corrected chi connectivity index (χ1v) is 13.4. The maximum atomic E-state index is 13.6. The van der Waals surface area contributed by atoms with Gasteiger partial charge >= 0.3 is 0 Å². The molecule has 2 aromatic carbocycles. The lowest BCUT2D eigenvalue weighted by molar-refractivity contribution is -0.133. The predicted molar refractivity (Wildman–Crippen MR) is 134 cm³/mol. The number of amides is 1. The highest BCUT2D eigenvalue weighted by atomic mass is 35.5. The van der Waals surface area contributed by atoms with Crippen LogP contribution in [0.4, 0.5) is 0 Å². The number of hydrogen-bond donors (Lipinski definition) is 2. The van der Waals surface area contributed by atoms with Crippen LogP contribution in [0, 0.1) is 12.0 Å². The molecule has 0 bridgehead atoms. The van der Waals surface area contributed by atoms with Crippen molar-refractivity contribution >= 4 is 38.7 Å². The molecule has 0 aliphatic carbocycles. The smallest absolute Gasteiger partial charge is 0.265 e. The molecular formula is C25H23ClN2O4S2. The van der Waals surface area contributed by atoms with Crippen LogP contribution in [0.2, 0.25) is 5.02 Å². The molecule has 0 atom stereocenters. The molecule has 34 heavy (non-hydrogen) atoms. The first-order chi connectivity index (χ1) is 16.3. The van der Waals surface area contributed by atoms with E-state index in [1.807, 2.05) is 35.7 Å². The average molecular weight is 515 g/mol. The molecule has 6 nitrogen and oxygen atoms in total. The van der Waals surface area contributed by atoms with E-state index >= 15 is 0 Å². The van der Waals surface area contributed by atoms with E-state index in [2.05, 4.69) is 12.0 Å². The Morgan fingerprint density at radius 1 is 1.06 bits per heavy atom. The topological polar surface area (TPSA) is 86.7 Å². The second-order valence-corrected chi connectivity index (χ2v) is 11.6. The summed E-state index contributed by atoms with van der Waals surface area (Å²) in [6, 6.07) is 19.1. The normalized spacial score (nSPS) is 15.3. The fourth-order valence-corrected chi connectivity index (χ4v) is 7.17. The number of nitrogens with zero attached hydrogens (tertiary/aromatic N) is 1. The van der Waals surface area contributed by atoms with Crippen molar-refractivity contribution in [3.05, 3.63) is 65.0 Å². The Morgan fingerprint density at radius 3 is 2.26 bits per heavy atom. The van der Waals surface area contributed by atoms with Crippen molar-refractivity contribution in [1.82, 2.24) is 10.4 Å². The monoisotopic (exact) mass is 514 g/mol. The Hall–Kier alpha value is -2.83. The fraction of sp³-hybridized carbons (Fsp3) is 0.240. The minimum Gasteiger partial charge on any atom is -0.333 e. The van der Waals surface area contributed by atoms with Gasteiger partial charge in [0.2, 0.25) is 0 Å². The van der Waals surface area contributed by atoms with Crippen LogP contribution in [-0.4, -0.2) is 42.3 Å². The highest BCUT2D eigenvalue weighted by Crippen LogP contribution is 2.38. The number of benzene rings is 2. The molecule has 1 aliphatic rings. The minimum absolute atomic E-state index is 0.0353. The van der Waals surface area contributed by atoms with E-state index in [-0.39, 0.29) is 17.7 Å². The summed E-state index contributed by atoms with van der Waals surface area (Å²) in [6.45, 7) is 2.33. The van der Waals surface area contributed by atoms with Crippen molar-refractivity contribution in [1.29, 1.82) is 0 Å². The van der Waals surface area contributed by atoms with Crippen molar-refractivity contribution in [3.8, 4) is 33.5 Å². The fourth-order valence-electron chi connectivity index (χ4n) is 4.16. The van der Waals surface area contributed by atoms with Gasteiger partial charge < -0.3 is 4.90 Å². The molecule has 2 heterocycles.